The molecule has 1 aromatic carbocycles. The van der Waals surface area contributed by atoms with Crippen molar-refractivity contribution in [2.45, 2.75) is 50.7 Å². The Hall–Kier alpha value is -0.613. The average molecular weight is 284 g/mol. The molecule has 1 aromatic rings. The molecule has 0 N–H and O–H groups in total. The largest absolute Gasteiger partial charge is 0.224 e. The molecule has 0 atom stereocenters. The van der Waals surface area contributed by atoms with Gasteiger partial charge in [0.15, 0.2) is 9.84 Å². The van der Waals surface area contributed by atoms with Crippen LogP contribution in [-0.2, 0) is 9.84 Å². The number of benzene rings is 1. The van der Waals surface area contributed by atoms with Gasteiger partial charge in [0.1, 0.15) is 0 Å². The van der Waals surface area contributed by atoms with Crippen LogP contribution in [-0.4, -0.2) is 21.9 Å². The Morgan fingerprint density at radius 3 is 1.89 bits per heavy atom. The van der Waals surface area contributed by atoms with E-state index in [0.29, 0.717) is 10.3 Å². The third-order valence-corrected chi connectivity index (χ3v) is 13.4. The summed E-state index contributed by atoms with van der Waals surface area (Å²) in [6.45, 7) is 12.7. The maximum atomic E-state index is 12.4. The first-order valence-electron chi connectivity index (χ1n) is 6.25. The van der Waals surface area contributed by atoms with E-state index in [-0.39, 0.29) is 5.04 Å². The normalized spacial score (nSPS) is 13.7. The zero-order valence-corrected chi connectivity index (χ0v) is 14.1. The molecule has 1 rings (SSSR count). The van der Waals surface area contributed by atoms with Crippen molar-refractivity contribution in [2.75, 3.05) is 5.38 Å². The molecule has 0 aliphatic rings. The summed E-state index contributed by atoms with van der Waals surface area (Å²) in [5.41, 5.74) is 1.08. The summed E-state index contributed by atoms with van der Waals surface area (Å²) in [7, 11) is -4.98. The van der Waals surface area contributed by atoms with Crippen LogP contribution in [0, 0.1) is 6.92 Å². The first-order chi connectivity index (χ1) is 7.96. The van der Waals surface area contributed by atoms with E-state index < -0.39 is 17.9 Å². The monoisotopic (exact) mass is 284 g/mol. The molecule has 0 aromatic heterocycles. The lowest BCUT2D eigenvalue weighted by atomic mass is 10.2. The minimum Gasteiger partial charge on any atom is -0.224 e. The molecule has 4 heteroatoms. The Labute approximate surface area is 112 Å². The zero-order valence-electron chi connectivity index (χ0n) is 12.2. The van der Waals surface area contributed by atoms with Gasteiger partial charge in [0.25, 0.3) is 0 Å². The summed E-state index contributed by atoms with van der Waals surface area (Å²) in [5.74, 6) is 0. The van der Waals surface area contributed by atoms with Crippen molar-refractivity contribution in [1.82, 2.24) is 0 Å². The quantitative estimate of drug-likeness (QED) is 0.791. The Balaban J connectivity index is 3.07. The number of sulfone groups is 1. The van der Waals surface area contributed by atoms with E-state index >= 15 is 0 Å². The molecule has 0 radical (unpaired) electrons. The van der Waals surface area contributed by atoms with Crippen molar-refractivity contribution < 1.29 is 8.42 Å². The van der Waals surface area contributed by atoms with Crippen LogP contribution >= 0.6 is 0 Å². The fourth-order valence-electron chi connectivity index (χ4n) is 1.52. The summed E-state index contributed by atoms with van der Waals surface area (Å²) < 4.78 is 24.9. The molecule has 0 fully saturated rings. The zero-order chi connectivity index (χ0) is 14.2. The molecule has 0 bridgehead atoms. The highest BCUT2D eigenvalue weighted by Gasteiger charge is 2.39. The average Bonchev–Trinajstić information content (AvgIpc) is 2.14. The van der Waals surface area contributed by atoms with Crippen LogP contribution in [0.3, 0.4) is 0 Å². The molecule has 0 saturated carbocycles. The van der Waals surface area contributed by atoms with Crippen LogP contribution in [0.4, 0.5) is 0 Å². The van der Waals surface area contributed by atoms with Crippen LogP contribution < -0.4 is 0 Å². The van der Waals surface area contributed by atoms with E-state index in [0.717, 1.165) is 5.56 Å². The number of hydrogen-bond acceptors (Lipinski definition) is 2. The van der Waals surface area contributed by atoms with Crippen molar-refractivity contribution in [2.24, 2.45) is 0 Å². The molecule has 0 heterocycles. The summed E-state index contributed by atoms with van der Waals surface area (Å²) >= 11 is 0. The lowest BCUT2D eigenvalue weighted by Gasteiger charge is -2.36. The van der Waals surface area contributed by atoms with Crippen LogP contribution in [0.15, 0.2) is 29.2 Å². The Kier molecular flexibility index (Phi) is 4.13. The van der Waals surface area contributed by atoms with Crippen LogP contribution in [0.2, 0.25) is 18.1 Å². The Morgan fingerprint density at radius 1 is 1.06 bits per heavy atom. The van der Waals surface area contributed by atoms with Gasteiger partial charge in [0.05, 0.1) is 13.0 Å². The van der Waals surface area contributed by atoms with E-state index in [1.54, 1.807) is 12.1 Å². The number of aryl methyl sites for hydroxylation is 1. The summed E-state index contributed by atoms with van der Waals surface area (Å²) in [6, 6.07) is 7.16. The molecule has 0 amide bonds. The molecule has 0 aliphatic heterocycles. The fourth-order valence-corrected chi connectivity index (χ4v) is 8.27. The van der Waals surface area contributed by atoms with Crippen LogP contribution in [0.5, 0.6) is 0 Å². The van der Waals surface area contributed by atoms with Gasteiger partial charge in [0, 0.05) is 5.38 Å². The van der Waals surface area contributed by atoms with E-state index in [9.17, 15) is 8.42 Å². The van der Waals surface area contributed by atoms with Crippen molar-refractivity contribution in [3.63, 3.8) is 0 Å². The molecular weight excluding hydrogens is 260 g/mol. The van der Waals surface area contributed by atoms with Gasteiger partial charge >= 0.3 is 0 Å². The van der Waals surface area contributed by atoms with Gasteiger partial charge in [-0.1, -0.05) is 51.6 Å². The first kappa shape index (κ1) is 15.4. The maximum absolute atomic E-state index is 12.4. The molecule has 0 saturated heterocycles. The van der Waals surface area contributed by atoms with Gasteiger partial charge < -0.3 is 0 Å². The minimum absolute atomic E-state index is 0.0881. The van der Waals surface area contributed by atoms with E-state index in [4.69, 9.17) is 0 Å². The van der Waals surface area contributed by atoms with Gasteiger partial charge in [-0.3, -0.25) is 0 Å². The topological polar surface area (TPSA) is 34.1 Å². The first-order valence-corrected chi connectivity index (χ1v) is 11.1. The standard InChI is InChI=1S/C14H24O2SSi/c1-12-7-9-13(10-8-12)17(15,16)11-18(5,6)14(2,3)4/h7-10H,11H2,1-6H3. The van der Waals surface area contributed by atoms with Crippen molar-refractivity contribution >= 4 is 17.9 Å². The molecule has 0 unspecified atom stereocenters. The predicted molar refractivity (Wildman–Crippen MR) is 80.4 cm³/mol. The third-order valence-electron chi connectivity index (χ3n) is 3.96. The van der Waals surface area contributed by atoms with E-state index in [1.807, 2.05) is 19.1 Å². The van der Waals surface area contributed by atoms with Crippen molar-refractivity contribution in [1.29, 1.82) is 0 Å². The third kappa shape index (κ3) is 3.45. The van der Waals surface area contributed by atoms with Crippen LogP contribution in [0.25, 0.3) is 0 Å². The summed E-state index contributed by atoms with van der Waals surface area (Å²) in [4.78, 5) is 0.456. The smallest absolute Gasteiger partial charge is 0.175 e. The molecular formula is C14H24O2SSi. The highest BCUT2D eigenvalue weighted by atomic mass is 32.2. The molecule has 102 valence electrons. The fraction of sp³-hybridized carbons (Fsp3) is 0.571. The van der Waals surface area contributed by atoms with Crippen molar-refractivity contribution in [3.8, 4) is 0 Å². The lowest BCUT2D eigenvalue weighted by molar-refractivity contribution is 0.598. The van der Waals surface area contributed by atoms with E-state index in [1.165, 1.54) is 0 Å². The highest BCUT2D eigenvalue weighted by Crippen LogP contribution is 2.37. The predicted octanol–water partition coefficient (Wildman–Crippen LogP) is 3.82. The van der Waals surface area contributed by atoms with Gasteiger partial charge in [-0.2, -0.15) is 0 Å². The molecule has 18 heavy (non-hydrogen) atoms. The Morgan fingerprint density at radius 2 is 1.50 bits per heavy atom. The Bertz CT molecular complexity index is 508. The number of hydrogen-bond donors (Lipinski definition) is 0. The molecule has 0 aliphatic carbocycles. The summed E-state index contributed by atoms with van der Waals surface area (Å²) in [5, 5.41) is 0.400. The molecule has 2 nitrogen and oxygen atoms in total. The SMILES string of the molecule is Cc1ccc(S(=O)(=O)C[Si](C)(C)C(C)(C)C)cc1. The lowest BCUT2D eigenvalue weighted by Crippen LogP contribution is -2.44. The van der Waals surface area contributed by atoms with E-state index in [2.05, 4.69) is 33.9 Å². The van der Waals surface area contributed by atoms with Gasteiger partial charge in [0.2, 0.25) is 0 Å². The minimum atomic E-state index is -3.16. The summed E-state index contributed by atoms with van der Waals surface area (Å²) in [6.07, 6.45) is 0. The van der Waals surface area contributed by atoms with Gasteiger partial charge in [-0.05, 0) is 24.1 Å². The van der Waals surface area contributed by atoms with Gasteiger partial charge in [-0.25, -0.2) is 8.42 Å². The maximum Gasteiger partial charge on any atom is 0.175 e. The van der Waals surface area contributed by atoms with Crippen LogP contribution in [0.1, 0.15) is 26.3 Å². The van der Waals surface area contributed by atoms with Gasteiger partial charge in [-0.15, -0.1) is 0 Å². The second-order valence-corrected chi connectivity index (χ2v) is 14.8. The highest BCUT2D eigenvalue weighted by molar-refractivity contribution is 7.93. The molecule has 0 spiro atoms. The second kappa shape index (κ2) is 4.81. The second-order valence-electron chi connectivity index (χ2n) is 6.71. The number of rotatable bonds is 3. The van der Waals surface area contributed by atoms with Crippen molar-refractivity contribution in [3.05, 3.63) is 29.8 Å².